The van der Waals surface area contributed by atoms with E-state index in [1.165, 1.54) is 0 Å². The van der Waals surface area contributed by atoms with Crippen molar-refractivity contribution in [2.24, 2.45) is 0 Å². The number of carbonyl (C=O) groups excluding carboxylic acids is 5. The van der Waals surface area contributed by atoms with Gasteiger partial charge in [-0.25, -0.2) is 4.79 Å². The summed E-state index contributed by atoms with van der Waals surface area (Å²) in [4.78, 5) is 56.7. The van der Waals surface area contributed by atoms with Crippen LogP contribution in [0.5, 0.6) is 0 Å². The smallest absolute Gasteiger partial charge is 0.334 e. The molecule has 0 saturated carbocycles. The van der Waals surface area contributed by atoms with Crippen LogP contribution >= 0.6 is 0 Å². The molecule has 0 atom stereocenters. The van der Waals surface area contributed by atoms with Crippen molar-refractivity contribution in [3.05, 3.63) is 50.6 Å². The zero-order valence-corrected chi connectivity index (χ0v) is 14.8. The summed E-state index contributed by atoms with van der Waals surface area (Å²) in [5.74, 6) is -1.63. The van der Waals surface area contributed by atoms with Gasteiger partial charge in [0.25, 0.3) is 11.8 Å². The van der Waals surface area contributed by atoms with Gasteiger partial charge in [-0.3, -0.25) is 29.0 Å². The van der Waals surface area contributed by atoms with E-state index in [-0.39, 0.29) is 38.4 Å². The number of imide groups is 2. The van der Waals surface area contributed by atoms with Crippen molar-refractivity contribution in [3.8, 4) is 0 Å². The van der Waals surface area contributed by atoms with Gasteiger partial charge in [0.15, 0.2) is 0 Å². The molecule has 0 aromatic carbocycles. The average Bonchev–Trinajstić information content (AvgIpc) is 3.07. The van der Waals surface area contributed by atoms with E-state index < -0.39 is 17.8 Å². The molecule has 1 heterocycles. The summed E-state index contributed by atoms with van der Waals surface area (Å²) in [6.45, 7) is 13.5. The summed E-state index contributed by atoms with van der Waals surface area (Å²) in [5, 5.41) is 4.74. The Morgan fingerprint density at radius 1 is 0.815 bits per heavy atom. The number of carbonyl (C=O) groups is 5. The zero-order valence-electron chi connectivity index (χ0n) is 14.8. The minimum Gasteiger partial charge on any atom is -0.341 e. The number of nitrogens with one attached hydrogen (secondary N) is 2. The maximum Gasteiger partial charge on any atom is 0.334 e. The monoisotopic (exact) mass is 378 g/mol. The molecular formula is C17H22N4O6. The summed E-state index contributed by atoms with van der Waals surface area (Å²) in [6.07, 6.45) is 4.34. The van der Waals surface area contributed by atoms with Crippen LogP contribution in [-0.4, -0.2) is 66.0 Å². The van der Waals surface area contributed by atoms with Gasteiger partial charge in [-0.2, -0.15) is 0 Å². The van der Waals surface area contributed by atoms with Gasteiger partial charge in [-0.15, -0.1) is 0 Å². The molecule has 1 aliphatic rings. The Bertz CT molecular complexity index is 591. The number of hydrogen-bond donors (Lipinski definition) is 2. The average molecular weight is 378 g/mol. The topological polar surface area (TPSA) is 125 Å². The van der Waals surface area contributed by atoms with E-state index in [2.05, 4.69) is 36.9 Å². The van der Waals surface area contributed by atoms with Crippen LogP contribution in [0, 0.1) is 0 Å². The minimum atomic E-state index is -0.611. The van der Waals surface area contributed by atoms with Crippen molar-refractivity contribution in [2.45, 2.75) is 0 Å². The third-order valence-corrected chi connectivity index (χ3v) is 2.96. The quantitative estimate of drug-likeness (QED) is 0.339. The van der Waals surface area contributed by atoms with Crippen LogP contribution < -0.4 is 10.6 Å². The highest BCUT2D eigenvalue weighted by molar-refractivity contribution is 6.08. The number of hydrogen-bond acceptors (Lipinski definition) is 6. The number of amides is 6. The van der Waals surface area contributed by atoms with E-state index >= 15 is 0 Å². The van der Waals surface area contributed by atoms with Crippen molar-refractivity contribution in [1.82, 2.24) is 20.4 Å². The molecule has 0 radical (unpaired) electrons. The minimum absolute atomic E-state index is 0.0300. The van der Waals surface area contributed by atoms with Crippen molar-refractivity contribution in [1.29, 1.82) is 0 Å². The van der Waals surface area contributed by atoms with E-state index in [1.807, 2.05) is 0 Å². The van der Waals surface area contributed by atoms with Crippen molar-refractivity contribution in [2.75, 3.05) is 26.6 Å². The largest absolute Gasteiger partial charge is 0.341 e. The Kier molecular flexibility index (Phi) is 11.1. The highest BCUT2D eigenvalue weighted by Gasteiger charge is 2.34. The third kappa shape index (κ3) is 8.40. The number of urea groups is 1. The first kappa shape index (κ1) is 23.5. The zero-order chi connectivity index (χ0) is 20.8. The van der Waals surface area contributed by atoms with Crippen LogP contribution in [0.3, 0.4) is 0 Å². The molecule has 2 N–H and O–H groups in total. The molecule has 0 bridgehead atoms. The summed E-state index contributed by atoms with van der Waals surface area (Å²) in [7, 11) is 0. The molecule has 27 heavy (non-hydrogen) atoms. The molecule has 1 aliphatic heterocycles. The fourth-order valence-corrected chi connectivity index (χ4v) is 1.61. The van der Waals surface area contributed by atoms with E-state index in [0.717, 1.165) is 34.1 Å². The van der Waals surface area contributed by atoms with Crippen LogP contribution in [0.2, 0.25) is 0 Å². The maximum atomic E-state index is 11.4. The summed E-state index contributed by atoms with van der Waals surface area (Å²) < 4.78 is 4.82. The van der Waals surface area contributed by atoms with E-state index in [9.17, 15) is 24.0 Å². The first-order chi connectivity index (χ1) is 12.8. The number of nitrogens with zero attached hydrogens (tertiary/aromatic N) is 2. The van der Waals surface area contributed by atoms with Crippen LogP contribution in [0.15, 0.2) is 50.6 Å². The van der Waals surface area contributed by atoms with Gasteiger partial charge in [0.05, 0.1) is 0 Å². The molecule has 10 nitrogen and oxygen atoms in total. The molecule has 1 fully saturated rings. The van der Waals surface area contributed by atoms with Gasteiger partial charge in [0.1, 0.15) is 13.5 Å². The molecule has 1 rings (SSSR count). The first-order valence-electron chi connectivity index (χ1n) is 7.62. The van der Waals surface area contributed by atoms with Crippen molar-refractivity contribution in [3.63, 3.8) is 0 Å². The lowest BCUT2D eigenvalue weighted by Gasteiger charge is -2.12. The Morgan fingerprint density at radius 3 is 1.48 bits per heavy atom. The first-order valence-corrected chi connectivity index (χ1v) is 7.62. The van der Waals surface area contributed by atoms with Crippen molar-refractivity contribution < 1.29 is 28.7 Å². The highest BCUT2D eigenvalue weighted by atomic mass is 16.5. The fraction of sp³-hybridized carbons (Fsp3) is 0.235. The highest BCUT2D eigenvalue weighted by Crippen LogP contribution is 2.09. The Morgan fingerprint density at radius 2 is 1.19 bits per heavy atom. The second kappa shape index (κ2) is 12.8. The van der Waals surface area contributed by atoms with Crippen LogP contribution in [0.1, 0.15) is 0 Å². The molecule has 0 aromatic rings. The van der Waals surface area contributed by atoms with E-state index in [4.69, 9.17) is 4.74 Å². The Labute approximate surface area is 156 Å². The fourth-order valence-electron chi connectivity index (χ4n) is 1.61. The molecule has 0 spiro atoms. The lowest BCUT2D eigenvalue weighted by molar-refractivity contribution is -0.124. The molecule has 0 aliphatic carbocycles. The van der Waals surface area contributed by atoms with Crippen LogP contribution in [-0.2, 0) is 23.9 Å². The van der Waals surface area contributed by atoms with Crippen LogP contribution in [0.25, 0.3) is 0 Å². The third-order valence-electron chi connectivity index (χ3n) is 2.96. The molecule has 0 unspecified atom stereocenters. The van der Waals surface area contributed by atoms with Gasteiger partial charge in [-0.05, 0) is 24.3 Å². The summed E-state index contributed by atoms with van der Waals surface area (Å²) >= 11 is 0. The normalized spacial score (nSPS) is 12.2. The van der Waals surface area contributed by atoms with E-state index in [0.29, 0.717) is 0 Å². The summed E-state index contributed by atoms with van der Waals surface area (Å²) in [6, 6.07) is -0.611. The second-order valence-electron chi connectivity index (χ2n) is 4.65. The standard InChI is InChI=1S/C9H10N2O3.C8H12N2O3/c1-3-7(12)10-5-6-11(9(10)14)8(13)4-2;1-3-7(11)9-5-13-6-10-8(12)4-2/h3-4H,1-2,5-6H2;3-4H,1-2,5-6H2,(H,9,11)(H,10,12). The molecular weight excluding hydrogens is 356 g/mol. The van der Waals surface area contributed by atoms with Gasteiger partial charge in [0.2, 0.25) is 11.8 Å². The molecule has 1 saturated heterocycles. The van der Waals surface area contributed by atoms with Gasteiger partial charge >= 0.3 is 6.03 Å². The lowest BCUT2D eigenvalue weighted by atomic mass is 10.5. The predicted molar refractivity (Wildman–Crippen MR) is 96.7 cm³/mol. The molecule has 146 valence electrons. The Hall–Kier alpha value is -3.53. The number of ether oxygens (including phenoxy) is 1. The van der Waals surface area contributed by atoms with E-state index in [1.54, 1.807) is 0 Å². The number of rotatable bonds is 8. The lowest BCUT2D eigenvalue weighted by Crippen LogP contribution is -2.37. The van der Waals surface area contributed by atoms with Gasteiger partial charge in [-0.1, -0.05) is 26.3 Å². The maximum absolute atomic E-state index is 11.4. The SMILES string of the molecule is C=CC(=O)N1CCN(C(=O)C=C)C1=O.C=CC(=O)NCOCNC(=O)C=C. The van der Waals surface area contributed by atoms with Crippen LogP contribution in [0.4, 0.5) is 4.79 Å². The molecule has 6 amide bonds. The second-order valence-corrected chi connectivity index (χ2v) is 4.65. The Balaban J connectivity index is 0.000000503. The molecule has 10 heteroatoms. The van der Waals surface area contributed by atoms with Crippen molar-refractivity contribution >= 4 is 29.7 Å². The molecule has 0 aromatic heterocycles. The summed E-state index contributed by atoms with van der Waals surface area (Å²) in [5.41, 5.74) is 0. The predicted octanol–water partition coefficient (Wildman–Crippen LogP) is -0.328. The van der Waals surface area contributed by atoms with Gasteiger partial charge < -0.3 is 15.4 Å². The van der Waals surface area contributed by atoms with Gasteiger partial charge in [0, 0.05) is 13.1 Å².